The topological polar surface area (TPSA) is 85.8 Å². The number of imidazole rings is 1. The van der Waals surface area contributed by atoms with Crippen LogP contribution in [0.3, 0.4) is 0 Å². The zero-order valence-electron chi connectivity index (χ0n) is 11.3. The molecule has 0 aliphatic carbocycles. The van der Waals surface area contributed by atoms with Crippen molar-refractivity contribution in [3.63, 3.8) is 0 Å². The van der Waals surface area contributed by atoms with Crippen LogP contribution in [0.2, 0.25) is 0 Å². The first-order valence-electron chi connectivity index (χ1n) is 6.27. The summed E-state index contributed by atoms with van der Waals surface area (Å²) in [4.78, 5) is 16.5. The number of benzene rings is 1. The summed E-state index contributed by atoms with van der Waals surface area (Å²) in [5.41, 5.74) is 1.13. The lowest BCUT2D eigenvalue weighted by molar-refractivity contribution is 0.271. The average Bonchev–Trinajstić information content (AvgIpc) is 2.87. The minimum atomic E-state index is -0.176. The van der Waals surface area contributed by atoms with Crippen molar-refractivity contribution in [3.8, 4) is 0 Å². The molecule has 0 radical (unpaired) electrons. The summed E-state index contributed by atoms with van der Waals surface area (Å²) in [5.74, 6) is 0.312. The second-order valence-corrected chi connectivity index (χ2v) is 5.35. The summed E-state index contributed by atoms with van der Waals surface area (Å²) in [6.45, 7) is -0.0697. The molecule has 0 bridgehead atoms. The summed E-state index contributed by atoms with van der Waals surface area (Å²) >= 11 is 1.36. The second kappa shape index (κ2) is 5.66. The number of hydrogen-bond acceptors (Lipinski definition) is 6. The molecule has 0 spiro atoms. The Labute approximate surface area is 124 Å². The highest BCUT2D eigenvalue weighted by atomic mass is 32.2. The Morgan fingerprint density at radius 1 is 1.33 bits per heavy atom. The maximum absolute atomic E-state index is 12.3. The molecule has 3 aromatic rings. The van der Waals surface area contributed by atoms with Crippen LogP contribution in [0.25, 0.3) is 10.9 Å². The first kappa shape index (κ1) is 13.8. The molecule has 3 rings (SSSR count). The molecule has 108 valence electrons. The van der Waals surface area contributed by atoms with Crippen LogP contribution in [0.15, 0.2) is 40.4 Å². The molecule has 0 amide bonds. The maximum atomic E-state index is 12.3. The summed E-state index contributed by atoms with van der Waals surface area (Å²) in [6, 6.07) is 7.11. The zero-order valence-corrected chi connectivity index (χ0v) is 12.1. The number of aliphatic hydroxyl groups excluding tert-OH is 1. The standard InChI is InChI=1S/C13H13N5O2S/c1-17-9(7-19)6-14-13(17)21-8-18-12(20)10-4-2-3-5-11(10)15-16-18/h2-6,19H,7-8H2,1H3. The van der Waals surface area contributed by atoms with Gasteiger partial charge in [-0.25, -0.2) is 4.98 Å². The van der Waals surface area contributed by atoms with Crippen molar-refractivity contribution in [2.75, 3.05) is 0 Å². The number of aromatic nitrogens is 5. The van der Waals surface area contributed by atoms with Crippen molar-refractivity contribution < 1.29 is 5.11 Å². The zero-order chi connectivity index (χ0) is 14.8. The van der Waals surface area contributed by atoms with Gasteiger partial charge in [-0.15, -0.1) is 5.10 Å². The predicted octanol–water partition coefficient (Wildman–Crippen LogP) is 0.767. The van der Waals surface area contributed by atoms with Gasteiger partial charge < -0.3 is 9.67 Å². The second-order valence-electron chi connectivity index (χ2n) is 4.43. The van der Waals surface area contributed by atoms with E-state index in [1.54, 1.807) is 29.0 Å². The van der Waals surface area contributed by atoms with Crippen LogP contribution >= 0.6 is 11.8 Å². The quantitative estimate of drug-likeness (QED) is 0.716. The van der Waals surface area contributed by atoms with Gasteiger partial charge in [-0.05, 0) is 12.1 Å². The molecule has 0 unspecified atom stereocenters. The molecular formula is C13H13N5O2S. The van der Waals surface area contributed by atoms with Crippen LogP contribution in [0.5, 0.6) is 0 Å². The molecule has 0 aliphatic rings. The summed E-state index contributed by atoms with van der Waals surface area (Å²) in [6.07, 6.45) is 1.61. The minimum Gasteiger partial charge on any atom is -0.390 e. The van der Waals surface area contributed by atoms with Crippen LogP contribution in [-0.4, -0.2) is 29.7 Å². The third-order valence-corrected chi connectivity index (χ3v) is 4.16. The van der Waals surface area contributed by atoms with E-state index in [1.807, 2.05) is 13.1 Å². The van der Waals surface area contributed by atoms with E-state index in [0.29, 0.717) is 21.9 Å². The Balaban J connectivity index is 1.87. The van der Waals surface area contributed by atoms with Crippen molar-refractivity contribution in [1.82, 2.24) is 24.5 Å². The van der Waals surface area contributed by atoms with E-state index in [1.165, 1.54) is 16.4 Å². The molecule has 0 fully saturated rings. The van der Waals surface area contributed by atoms with Crippen molar-refractivity contribution in [2.45, 2.75) is 17.6 Å². The first-order valence-corrected chi connectivity index (χ1v) is 7.26. The van der Waals surface area contributed by atoms with Crippen molar-refractivity contribution in [3.05, 3.63) is 46.5 Å². The Morgan fingerprint density at radius 2 is 2.14 bits per heavy atom. The van der Waals surface area contributed by atoms with Gasteiger partial charge in [0.2, 0.25) is 0 Å². The van der Waals surface area contributed by atoms with E-state index in [2.05, 4.69) is 15.3 Å². The molecular weight excluding hydrogens is 290 g/mol. The van der Waals surface area contributed by atoms with Crippen LogP contribution in [-0.2, 0) is 19.5 Å². The largest absolute Gasteiger partial charge is 0.390 e. The highest BCUT2D eigenvalue weighted by Crippen LogP contribution is 2.18. The molecule has 0 aliphatic heterocycles. The number of nitrogens with zero attached hydrogens (tertiary/aromatic N) is 5. The summed E-state index contributed by atoms with van der Waals surface area (Å²) in [5, 5.41) is 18.3. The Hall–Kier alpha value is -2.19. The minimum absolute atomic E-state index is 0.0697. The predicted molar refractivity (Wildman–Crippen MR) is 78.8 cm³/mol. The van der Waals surface area contributed by atoms with Crippen LogP contribution in [0, 0.1) is 0 Å². The van der Waals surface area contributed by atoms with Gasteiger partial charge >= 0.3 is 0 Å². The van der Waals surface area contributed by atoms with Gasteiger partial charge in [0.15, 0.2) is 5.16 Å². The van der Waals surface area contributed by atoms with Crippen molar-refractivity contribution in [1.29, 1.82) is 0 Å². The maximum Gasteiger partial charge on any atom is 0.278 e. The fourth-order valence-electron chi connectivity index (χ4n) is 1.93. The van der Waals surface area contributed by atoms with E-state index in [9.17, 15) is 4.79 Å². The lowest BCUT2D eigenvalue weighted by Gasteiger charge is -2.05. The third-order valence-electron chi connectivity index (χ3n) is 3.15. The van der Waals surface area contributed by atoms with Gasteiger partial charge in [0.05, 0.1) is 29.8 Å². The Bertz CT molecular complexity index is 842. The number of hydrogen-bond donors (Lipinski definition) is 1. The fraction of sp³-hybridized carbons (Fsp3) is 0.231. The molecule has 2 heterocycles. The smallest absolute Gasteiger partial charge is 0.278 e. The van der Waals surface area contributed by atoms with Crippen LogP contribution in [0.4, 0.5) is 0 Å². The molecule has 0 atom stereocenters. The Kier molecular flexibility index (Phi) is 3.72. The summed E-state index contributed by atoms with van der Waals surface area (Å²) in [7, 11) is 1.82. The molecule has 0 saturated carbocycles. The lowest BCUT2D eigenvalue weighted by atomic mass is 10.2. The number of aliphatic hydroxyl groups is 1. The van der Waals surface area contributed by atoms with Gasteiger partial charge in [0.1, 0.15) is 5.52 Å². The van der Waals surface area contributed by atoms with Crippen LogP contribution < -0.4 is 5.56 Å². The van der Waals surface area contributed by atoms with E-state index >= 15 is 0 Å². The molecule has 2 aromatic heterocycles. The van der Waals surface area contributed by atoms with Gasteiger partial charge in [-0.3, -0.25) is 4.79 Å². The highest BCUT2D eigenvalue weighted by molar-refractivity contribution is 7.98. The average molecular weight is 303 g/mol. The highest BCUT2D eigenvalue weighted by Gasteiger charge is 2.09. The first-order chi connectivity index (χ1) is 10.2. The number of fused-ring (bicyclic) bond motifs is 1. The van der Waals surface area contributed by atoms with Crippen molar-refractivity contribution >= 4 is 22.7 Å². The van der Waals surface area contributed by atoms with Crippen LogP contribution in [0.1, 0.15) is 5.69 Å². The number of thioether (sulfide) groups is 1. The Morgan fingerprint density at radius 3 is 2.90 bits per heavy atom. The molecule has 7 nitrogen and oxygen atoms in total. The van der Waals surface area contributed by atoms with E-state index in [4.69, 9.17) is 5.11 Å². The third kappa shape index (κ3) is 2.55. The monoisotopic (exact) mass is 303 g/mol. The molecule has 0 saturated heterocycles. The summed E-state index contributed by atoms with van der Waals surface area (Å²) < 4.78 is 3.09. The van der Waals surface area contributed by atoms with Gasteiger partial charge in [-0.1, -0.05) is 29.1 Å². The van der Waals surface area contributed by atoms with Crippen molar-refractivity contribution in [2.24, 2.45) is 7.05 Å². The SMILES string of the molecule is Cn1c(CO)cnc1SCn1nnc2ccccc2c1=O. The van der Waals surface area contributed by atoms with Gasteiger partial charge in [0.25, 0.3) is 5.56 Å². The number of rotatable bonds is 4. The lowest BCUT2D eigenvalue weighted by Crippen LogP contribution is -2.23. The molecule has 1 N–H and O–H groups in total. The fourth-order valence-corrected chi connectivity index (χ4v) is 2.78. The normalized spacial score (nSPS) is 11.1. The molecule has 1 aromatic carbocycles. The van der Waals surface area contributed by atoms with E-state index in [0.717, 1.165) is 5.69 Å². The van der Waals surface area contributed by atoms with E-state index < -0.39 is 0 Å². The van der Waals surface area contributed by atoms with Gasteiger partial charge in [0, 0.05) is 7.05 Å². The van der Waals surface area contributed by atoms with Gasteiger partial charge in [-0.2, -0.15) is 4.68 Å². The van der Waals surface area contributed by atoms with E-state index in [-0.39, 0.29) is 12.2 Å². The molecule has 8 heteroatoms. The molecule has 21 heavy (non-hydrogen) atoms.